The summed E-state index contributed by atoms with van der Waals surface area (Å²) in [5.74, 6) is 6.44. The van der Waals surface area contributed by atoms with Crippen molar-refractivity contribution in [1.82, 2.24) is 29.9 Å². The predicted octanol–water partition coefficient (Wildman–Crippen LogP) is 19.7. The molecule has 19 rings (SSSR count). The first-order valence-corrected chi connectivity index (χ1v) is 33.9. The lowest BCUT2D eigenvalue weighted by Gasteiger charge is -2.10. The van der Waals surface area contributed by atoms with Gasteiger partial charge in [0.2, 0.25) is 0 Å². The average Bonchev–Trinajstić information content (AvgIpc) is 0.838. The number of aliphatic imine (C=N–C) groups is 4. The van der Waals surface area contributed by atoms with Gasteiger partial charge in [-0.05, 0) is 146 Å². The van der Waals surface area contributed by atoms with Crippen LogP contribution in [0.5, 0.6) is 57.5 Å². The highest BCUT2D eigenvalue weighted by atomic mass is 16.5. The molecule has 0 N–H and O–H groups in total. The molecule has 7 aliphatic rings. The van der Waals surface area contributed by atoms with Crippen LogP contribution < -0.4 is 28.4 Å². The van der Waals surface area contributed by atoms with E-state index in [9.17, 15) is 0 Å². The molecule has 102 heavy (non-hydrogen) atoms. The average molecular weight is 1340 g/mol. The maximum atomic E-state index is 6.33. The van der Waals surface area contributed by atoms with Crippen LogP contribution in [0.1, 0.15) is 93.0 Å². The van der Waals surface area contributed by atoms with Gasteiger partial charge in [-0.3, -0.25) is 39.9 Å². The first-order chi connectivity index (χ1) is 50.2. The van der Waals surface area contributed by atoms with Crippen LogP contribution in [0.25, 0.3) is 34.9 Å². The van der Waals surface area contributed by atoms with E-state index in [0.29, 0.717) is 142 Å². The highest BCUT2D eigenvalue weighted by Crippen LogP contribution is 2.32. The Balaban J connectivity index is 0.714. The van der Waals surface area contributed by atoms with E-state index >= 15 is 0 Å². The summed E-state index contributed by atoms with van der Waals surface area (Å²) in [6.45, 7) is 6.92. The number of benzene rings is 6. The maximum Gasteiger partial charge on any atom is 0.131 e. The molecule has 0 amide bonds. The van der Waals surface area contributed by atoms with Crippen LogP contribution >= 0.6 is 0 Å². The van der Waals surface area contributed by atoms with E-state index in [1.54, 1.807) is 49.6 Å². The SMILES string of the molecule is Cc1ccc(/C=C/CCCOc2cc3nc(c2)C=NCc2ccc(cc2)Oc2ccnc(c2)-c2cc(ccn2)Oc2ccc(cc2)CN=Cc2cc(OCCC/C=C/c4ccc(C)cc4)cc(n2)C=NCc2ccc(cc2)Oc2ccnc(c2)-c2cc(ccn2)Oc2ccc(cc2)CN=C3)cc1. The van der Waals surface area contributed by atoms with Crippen molar-refractivity contribution in [2.24, 2.45) is 20.0 Å². The van der Waals surface area contributed by atoms with Crippen LogP contribution in [0, 0.1) is 13.8 Å². The van der Waals surface area contributed by atoms with Gasteiger partial charge in [0.25, 0.3) is 0 Å². The lowest BCUT2D eigenvalue weighted by Crippen LogP contribution is -2.01. The highest BCUT2D eigenvalue weighted by molar-refractivity contribution is 5.84. The number of pyridine rings is 6. The topological polar surface area (TPSA) is 182 Å². The predicted molar refractivity (Wildman–Crippen MR) is 405 cm³/mol. The zero-order chi connectivity index (χ0) is 69.3. The van der Waals surface area contributed by atoms with Crippen LogP contribution in [0.4, 0.5) is 0 Å². The first-order valence-electron chi connectivity index (χ1n) is 33.9. The van der Waals surface area contributed by atoms with Crippen molar-refractivity contribution in [2.75, 3.05) is 13.2 Å². The van der Waals surface area contributed by atoms with Crippen LogP contribution in [-0.2, 0) is 26.2 Å². The van der Waals surface area contributed by atoms with Crippen molar-refractivity contribution in [2.45, 2.75) is 65.7 Å². The zero-order valence-electron chi connectivity index (χ0n) is 56.7. The van der Waals surface area contributed by atoms with Crippen LogP contribution in [0.3, 0.4) is 0 Å². The summed E-state index contributed by atoms with van der Waals surface area (Å²) in [5.41, 5.74) is 13.9. The molecule has 7 aliphatic heterocycles. The number of rotatable bonds is 12. The summed E-state index contributed by atoms with van der Waals surface area (Å²) < 4.78 is 38.0. The van der Waals surface area contributed by atoms with E-state index in [1.165, 1.54) is 22.3 Å². The number of nitrogens with zero attached hydrogens (tertiary/aromatic N) is 10. The van der Waals surface area contributed by atoms with Gasteiger partial charge in [0.15, 0.2) is 0 Å². The van der Waals surface area contributed by atoms with Gasteiger partial charge in [-0.15, -0.1) is 0 Å². The third-order valence-corrected chi connectivity index (χ3v) is 16.1. The summed E-state index contributed by atoms with van der Waals surface area (Å²) >= 11 is 0. The smallest absolute Gasteiger partial charge is 0.131 e. The highest BCUT2D eigenvalue weighted by Gasteiger charge is 2.12. The summed E-state index contributed by atoms with van der Waals surface area (Å²) in [7, 11) is 0. The third-order valence-electron chi connectivity index (χ3n) is 16.1. The molecule has 504 valence electrons. The Kier molecular flexibility index (Phi) is 23.0. The molecule has 13 heterocycles. The van der Waals surface area contributed by atoms with Crippen molar-refractivity contribution >= 4 is 37.0 Å². The van der Waals surface area contributed by atoms with Gasteiger partial charge in [-0.2, -0.15) is 0 Å². The normalized spacial score (nSPS) is 12.6. The standard InChI is InChI=1S/C86H74N10O6/c1-61-11-15-63(16-12-61)9-5-3-7-43-97-81-45-69-57-87-53-65-19-27-73(28-20-65)99-77-35-39-91-83(49-77)85-51-79(37-41-93-85)101-75-31-23-67(24-32-75)55-89-59-71-47-82(98-44-8-4-6-10-64-17-13-62(2)14-18-64)48-72(96-71)60-90-56-68-25-33-76(34-26-68)102-80-38-42-94-86(52-80)84-50-78(36-40-92-84)100-74-29-21-66(22-30-74)54-88-58-70(46-81)95-69/h5-6,9-42,45-52,57-60H,3-4,7-8,43-44,53-56H2,1-2H3/b9-5+,10-6+,87-57?,88-58?,89-59?,90-60?. The Bertz CT molecular complexity index is 4390. The maximum absolute atomic E-state index is 6.33. The van der Waals surface area contributed by atoms with Crippen molar-refractivity contribution in [3.05, 3.63) is 323 Å². The van der Waals surface area contributed by atoms with Crippen molar-refractivity contribution < 1.29 is 28.4 Å². The number of unbranched alkanes of at least 4 members (excludes halogenated alkanes) is 2. The second-order valence-electron chi connectivity index (χ2n) is 24.3. The minimum absolute atomic E-state index is 0.418. The number of aromatic nitrogens is 6. The molecule has 6 aromatic heterocycles. The van der Waals surface area contributed by atoms with Crippen LogP contribution in [0.2, 0.25) is 0 Å². The lowest BCUT2D eigenvalue weighted by atomic mass is 10.1. The Morgan fingerprint density at radius 1 is 0.314 bits per heavy atom. The number of aryl methyl sites for hydroxylation is 2. The molecular formula is C86H74N10O6. The quantitative estimate of drug-likeness (QED) is 0.106. The molecular weight excluding hydrogens is 1270 g/mol. The molecule has 0 unspecified atom stereocenters. The zero-order valence-corrected chi connectivity index (χ0v) is 56.7. The number of ether oxygens (including phenoxy) is 6. The van der Waals surface area contributed by atoms with E-state index in [1.807, 2.05) is 170 Å². The second kappa shape index (κ2) is 34.6. The monoisotopic (exact) mass is 1340 g/mol. The molecule has 0 radical (unpaired) electrons. The molecule has 0 saturated heterocycles. The minimum Gasteiger partial charge on any atom is -0.493 e. The van der Waals surface area contributed by atoms with Gasteiger partial charge < -0.3 is 28.4 Å². The van der Waals surface area contributed by atoms with Gasteiger partial charge in [-0.25, -0.2) is 9.97 Å². The molecule has 0 atom stereocenters. The largest absolute Gasteiger partial charge is 0.493 e. The number of hydrogen-bond acceptors (Lipinski definition) is 16. The molecule has 6 aromatic carbocycles. The molecule has 16 heteroatoms. The number of hydrogen-bond donors (Lipinski definition) is 0. The van der Waals surface area contributed by atoms with Crippen molar-refractivity contribution in [1.29, 1.82) is 0 Å². The van der Waals surface area contributed by atoms with Crippen LogP contribution in [0.15, 0.2) is 275 Å². The summed E-state index contributed by atoms with van der Waals surface area (Å²) in [6.07, 6.45) is 26.0. The van der Waals surface area contributed by atoms with Gasteiger partial charge >= 0.3 is 0 Å². The molecule has 20 bridgehead atoms. The van der Waals surface area contributed by atoms with E-state index in [4.69, 9.17) is 58.4 Å². The molecule has 12 aromatic rings. The van der Waals surface area contributed by atoms with E-state index in [0.717, 1.165) is 47.9 Å². The summed E-state index contributed by atoms with van der Waals surface area (Å²) in [6, 6.07) is 70.7. The molecule has 0 fully saturated rings. The Morgan fingerprint density at radius 3 is 0.863 bits per heavy atom. The van der Waals surface area contributed by atoms with Gasteiger partial charge in [-0.1, -0.05) is 132 Å². The molecule has 0 spiro atoms. The Labute approximate surface area is 594 Å². The van der Waals surface area contributed by atoms with Gasteiger partial charge in [0, 0.05) is 98.2 Å². The second-order valence-corrected chi connectivity index (χ2v) is 24.3. The third kappa shape index (κ3) is 20.6. The number of allylic oxidation sites excluding steroid dienone is 2. The Hall–Kier alpha value is -12.8. The van der Waals surface area contributed by atoms with Crippen molar-refractivity contribution in [3.63, 3.8) is 0 Å². The fourth-order valence-electron chi connectivity index (χ4n) is 10.7. The lowest BCUT2D eigenvalue weighted by molar-refractivity contribution is 0.311. The fourth-order valence-corrected chi connectivity index (χ4v) is 10.7. The summed E-state index contributed by atoms with van der Waals surface area (Å²) in [5, 5.41) is 0. The van der Waals surface area contributed by atoms with Gasteiger partial charge in [0.1, 0.15) is 57.5 Å². The van der Waals surface area contributed by atoms with E-state index < -0.39 is 0 Å². The Morgan fingerprint density at radius 2 is 0.588 bits per heavy atom. The van der Waals surface area contributed by atoms with Crippen molar-refractivity contribution in [3.8, 4) is 80.3 Å². The van der Waals surface area contributed by atoms with E-state index in [2.05, 4.69) is 107 Å². The van der Waals surface area contributed by atoms with E-state index in [-0.39, 0.29) is 0 Å². The fraction of sp³-hybridized carbons (Fsp3) is 0.140. The molecule has 16 nitrogen and oxygen atoms in total. The molecule has 0 saturated carbocycles. The first kappa shape index (κ1) is 67.7. The van der Waals surface area contributed by atoms with Gasteiger partial charge in [0.05, 0.1) is 84.9 Å². The van der Waals surface area contributed by atoms with Crippen LogP contribution in [-0.4, -0.2) is 68.0 Å². The minimum atomic E-state index is 0.418. The summed E-state index contributed by atoms with van der Waals surface area (Å²) in [4.78, 5) is 47.5. The molecule has 0 aliphatic carbocycles.